The van der Waals surface area contributed by atoms with Gasteiger partial charge in [0.15, 0.2) is 11.6 Å². The highest BCUT2D eigenvalue weighted by Gasteiger charge is 2.20. The van der Waals surface area contributed by atoms with E-state index in [9.17, 15) is 9.50 Å². The first-order valence-corrected chi connectivity index (χ1v) is 7.13. The van der Waals surface area contributed by atoms with E-state index in [1.807, 2.05) is 18.2 Å². The molecule has 1 fully saturated rings. The Labute approximate surface area is 123 Å². The number of piperidine rings is 1. The van der Waals surface area contributed by atoms with Crippen LogP contribution in [-0.4, -0.2) is 29.2 Å². The van der Waals surface area contributed by atoms with Gasteiger partial charge < -0.3 is 15.3 Å². The Morgan fingerprint density at radius 3 is 2.67 bits per heavy atom. The maximum absolute atomic E-state index is 13.3. The average Bonchev–Trinajstić information content (AvgIpc) is 2.53. The van der Waals surface area contributed by atoms with Crippen molar-refractivity contribution < 1.29 is 9.50 Å². The molecule has 1 aliphatic heterocycles. The van der Waals surface area contributed by atoms with Crippen molar-refractivity contribution in [2.45, 2.75) is 18.9 Å². The maximum atomic E-state index is 13.3. The summed E-state index contributed by atoms with van der Waals surface area (Å²) in [7, 11) is 0. The zero-order valence-electron chi connectivity index (χ0n) is 11.7. The normalized spacial score (nSPS) is 16.0. The van der Waals surface area contributed by atoms with Crippen LogP contribution in [0.4, 0.5) is 15.9 Å². The van der Waals surface area contributed by atoms with E-state index < -0.39 is 5.82 Å². The van der Waals surface area contributed by atoms with Gasteiger partial charge in [0.1, 0.15) is 5.82 Å². The van der Waals surface area contributed by atoms with Crippen LogP contribution in [0.25, 0.3) is 0 Å². The van der Waals surface area contributed by atoms with E-state index in [1.165, 1.54) is 12.1 Å². The van der Waals surface area contributed by atoms with E-state index in [1.54, 1.807) is 12.3 Å². The van der Waals surface area contributed by atoms with Gasteiger partial charge in [0, 0.05) is 37.1 Å². The molecule has 0 amide bonds. The highest BCUT2D eigenvalue weighted by atomic mass is 19.1. The number of hydrogen-bond acceptors (Lipinski definition) is 4. The fourth-order valence-electron chi connectivity index (χ4n) is 2.63. The number of nitrogens with zero attached hydrogens (tertiary/aromatic N) is 2. The van der Waals surface area contributed by atoms with Crippen LogP contribution in [0, 0.1) is 5.82 Å². The Morgan fingerprint density at radius 2 is 2.00 bits per heavy atom. The average molecular weight is 287 g/mol. The molecule has 0 bridgehead atoms. The van der Waals surface area contributed by atoms with Gasteiger partial charge >= 0.3 is 0 Å². The molecule has 110 valence electrons. The summed E-state index contributed by atoms with van der Waals surface area (Å²) in [5.74, 6) is 0.100. The smallest absolute Gasteiger partial charge is 0.166 e. The number of phenolic OH excluding ortho intramolecular Hbond substituents is 1. The van der Waals surface area contributed by atoms with Gasteiger partial charge in [-0.15, -0.1) is 0 Å². The van der Waals surface area contributed by atoms with Crippen LogP contribution in [0.2, 0.25) is 0 Å². The van der Waals surface area contributed by atoms with Gasteiger partial charge in [-0.05, 0) is 37.1 Å². The van der Waals surface area contributed by atoms with Crippen LogP contribution in [0.15, 0.2) is 42.6 Å². The molecule has 1 aromatic heterocycles. The number of nitrogens with one attached hydrogen (secondary N) is 1. The number of phenols is 1. The monoisotopic (exact) mass is 287 g/mol. The second kappa shape index (κ2) is 5.99. The third kappa shape index (κ3) is 3.24. The van der Waals surface area contributed by atoms with E-state index in [-0.39, 0.29) is 5.75 Å². The van der Waals surface area contributed by atoms with Gasteiger partial charge in [0.05, 0.1) is 0 Å². The molecule has 0 atom stereocenters. The standard InChI is InChI=1S/C16H18FN3O/c17-14-11-13(4-5-15(14)21)19-12-6-9-20(10-7-12)16-3-1-2-8-18-16/h1-5,8,11-12,19,21H,6-7,9-10H2. The summed E-state index contributed by atoms with van der Waals surface area (Å²) in [5, 5.41) is 12.5. The summed E-state index contributed by atoms with van der Waals surface area (Å²) in [5.41, 5.74) is 0.710. The topological polar surface area (TPSA) is 48.4 Å². The van der Waals surface area contributed by atoms with Crippen molar-refractivity contribution in [3.05, 3.63) is 48.4 Å². The molecule has 0 aliphatic carbocycles. The number of anilines is 2. The molecule has 0 radical (unpaired) electrons. The molecule has 3 rings (SSSR count). The van der Waals surface area contributed by atoms with Crippen molar-refractivity contribution in [1.82, 2.24) is 4.98 Å². The molecule has 1 aliphatic rings. The molecule has 21 heavy (non-hydrogen) atoms. The molecule has 4 nitrogen and oxygen atoms in total. The lowest BCUT2D eigenvalue weighted by molar-refractivity contribution is 0.432. The highest BCUT2D eigenvalue weighted by Crippen LogP contribution is 2.23. The predicted octanol–water partition coefficient (Wildman–Crippen LogP) is 3.01. The lowest BCUT2D eigenvalue weighted by atomic mass is 10.0. The zero-order valence-corrected chi connectivity index (χ0v) is 11.7. The third-order valence-corrected chi connectivity index (χ3v) is 3.79. The van der Waals surface area contributed by atoms with Gasteiger partial charge in [0.25, 0.3) is 0 Å². The first-order chi connectivity index (χ1) is 10.2. The fraction of sp³-hybridized carbons (Fsp3) is 0.312. The van der Waals surface area contributed by atoms with Gasteiger partial charge in [-0.3, -0.25) is 0 Å². The summed E-state index contributed by atoms with van der Waals surface area (Å²) in [6, 6.07) is 10.6. The minimum atomic E-state index is -0.592. The number of benzene rings is 1. The van der Waals surface area contributed by atoms with Crippen LogP contribution in [0.1, 0.15) is 12.8 Å². The minimum absolute atomic E-state index is 0.314. The van der Waals surface area contributed by atoms with Crippen LogP contribution in [0.5, 0.6) is 5.75 Å². The van der Waals surface area contributed by atoms with E-state index >= 15 is 0 Å². The van der Waals surface area contributed by atoms with Crippen molar-refractivity contribution >= 4 is 11.5 Å². The second-order valence-electron chi connectivity index (χ2n) is 5.26. The maximum Gasteiger partial charge on any atom is 0.166 e. The van der Waals surface area contributed by atoms with Crippen LogP contribution < -0.4 is 10.2 Å². The quantitative estimate of drug-likeness (QED) is 0.852. The summed E-state index contributed by atoms with van der Waals surface area (Å²) in [6.07, 6.45) is 3.75. The van der Waals surface area contributed by atoms with Crippen molar-refractivity contribution in [2.24, 2.45) is 0 Å². The lowest BCUT2D eigenvalue weighted by Crippen LogP contribution is -2.39. The molecule has 2 aromatic rings. The third-order valence-electron chi connectivity index (χ3n) is 3.79. The first kappa shape index (κ1) is 13.7. The number of halogens is 1. The van der Waals surface area contributed by atoms with Crippen molar-refractivity contribution in [3.8, 4) is 5.75 Å². The summed E-state index contributed by atoms with van der Waals surface area (Å²) in [6.45, 7) is 1.85. The zero-order chi connectivity index (χ0) is 14.7. The Kier molecular flexibility index (Phi) is 3.90. The molecule has 1 saturated heterocycles. The van der Waals surface area contributed by atoms with Gasteiger partial charge in [-0.2, -0.15) is 0 Å². The molecule has 2 N–H and O–H groups in total. The van der Waals surface area contributed by atoms with Crippen molar-refractivity contribution in [2.75, 3.05) is 23.3 Å². The molecular weight excluding hydrogens is 269 g/mol. The highest BCUT2D eigenvalue weighted by molar-refractivity contribution is 5.48. The van der Waals surface area contributed by atoms with Gasteiger partial charge in [-0.25, -0.2) is 9.37 Å². The Hall–Kier alpha value is -2.30. The van der Waals surface area contributed by atoms with E-state index in [4.69, 9.17) is 0 Å². The summed E-state index contributed by atoms with van der Waals surface area (Å²) < 4.78 is 13.3. The number of aromatic hydroxyl groups is 1. The number of hydrogen-bond donors (Lipinski definition) is 2. The number of rotatable bonds is 3. The molecule has 5 heteroatoms. The van der Waals surface area contributed by atoms with Crippen molar-refractivity contribution in [3.63, 3.8) is 0 Å². The molecule has 1 aromatic carbocycles. The Balaban J connectivity index is 1.57. The van der Waals surface area contributed by atoms with Crippen LogP contribution >= 0.6 is 0 Å². The number of pyridine rings is 1. The molecule has 0 saturated carbocycles. The molecule has 0 unspecified atom stereocenters. The van der Waals surface area contributed by atoms with Gasteiger partial charge in [-0.1, -0.05) is 6.07 Å². The second-order valence-corrected chi connectivity index (χ2v) is 5.26. The number of aromatic nitrogens is 1. The lowest BCUT2D eigenvalue weighted by Gasteiger charge is -2.33. The van der Waals surface area contributed by atoms with E-state index in [0.717, 1.165) is 31.7 Å². The molecular formula is C16H18FN3O. The molecule has 2 heterocycles. The SMILES string of the molecule is Oc1ccc(NC2CCN(c3ccccn3)CC2)cc1F. The van der Waals surface area contributed by atoms with Crippen LogP contribution in [-0.2, 0) is 0 Å². The van der Waals surface area contributed by atoms with E-state index in [2.05, 4.69) is 15.2 Å². The minimum Gasteiger partial charge on any atom is -0.505 e. The van der Waals surface area contributed by atoms with E-state index in [0.29, 0.717) is 11.7 Å². The summed E-state index contributed by atoms with van der Waals surface area (Å²) >= 11 is 0. The fourth-order valence-corrected chi connectivity index (χ4v) is 2.63. The predicted molar refractivity (Wildman–Crippen MR) is 81.2 cm³/mol. The Morgan fingerprint density at radius 1 is 1.19 bits per heavy atom. The summed E-state index contributed by atoms with van der Waals surface area (Å²) in [4.78, 5) is 6.62. The molecule has 0 spiro atoms. The largest absolute Gasteiger partial charge is 0.505 e. The van der Waals surface area contributed by atoms with Crippen molar-refractivity contribution in [1.29, 1.82) is 0 Å². The first-order valence-electron chi connectivity index (χ1n) is 7.13. The Bertz CT molecular complexity index is 598. The van der Waals surface area contributed by atoms with Crippen LogP contribution in [0.3, 0.4) is 0 Å². The van der Waals surface area contributed by atoms with Gasteiger partial charge in [0.2, 0.25) is 0 Å².